The van der Waals surface area contributed by atoms with Crippen molar-refractivity contribution in [3.05, 3.63) is 76.3 Å². The van der Waals surface area contributed by atoms with Crippen molar-refractivity contribution in [2.24, 2.45) is 0 Å². The molecule has 1 aromatic carbocycles. The average Bonchev–Trinajstić information content (AvgIpc) is 3.10. The summed E-state index contributed by atoms with van der Waals surface area (Å²) in [6, 6.07) is 12.8. The summed E-state index contributed by atoms with van der Waals surface area (Å²) in [6.07, 6.45) is 3.22. The second-order valence-electron chi connectivity index (χ2n) is 5.28. The van der Waals surface area contributed by atoms with Crippen LogP contribution in [0.25, 0.3) is 0 Å². The Balaban J connectivity index is 1.68. The first-order valence-electron chi connectivity index (χ1n) is 7.41. The van der Waals surface area contributed by atoms with Crippen LogP contribution in [0.1, 0.15) is 21.7 Å². The van der Waals surface area contributed by atoms with E-state index in [1.165, 1.54) is 0 Å². The van der Waals surface area contributed by atoms with Crippen molar-refractivity contribution in [3.8, 4) is 0 Å². The van der Waals surface area contributed by atoms with E-state index in [1.54, 1.807) is 24.6 Å². The number of nitrogens with one attached hydrogen (secondary N) is 2. The molecule has 2 aromatic heterocycles. The molecule has 0 atom stereocenters. The van der Waals surface area contributed by atoms with Gasteiger partial charge in [0.15, 0.2) is 0 Å². The van der Waals surface area contributed by atoms with Gasteiger partial charge in [0.2, 0.25) is 0 Å². The van der Waals surface area contributed by atoms with E-state index in [-0.39, 0.29) is 5.91 Å². The number of furan rings is 1. The molecule has 0 spiro atoms. The molecule has 3 rings (SSSR count). The number of rotatable bonds is 5. The number of amides is 1. The lowest BCUT2D eigenvalue weighted by Gasteiger charge is -2.09. The maximum Gasteiger partial charge on any atom is 0.255 e. The number of aromatic nitrogens is 1. The summed E-state index contributed by atoms with van der Waals surface area (Å²) in [7, 11) is 0. The first-order chi connectivity index (χ1) is 11.6. The van der Waals surface area contributed by atoms with Crippen molar-refractivity contribution < 1.29 is 9.21 Å². The van der Waals surface area contributed by atoms with Gasteiger partial charge < -0.3 is 15.1 Å². The molecule has 1 amide bonds. The van der Waals surface area contributed by atoms with Crippen LogP contribution < -0.4 is 10.6 Å². The zero-order valence-corrected chi connectivity index (χ0v) is 14.6. The van der Waals surface area contributed by atoms with Crippen molar-refractivity contribution in [3.63, 3.8) is 0 Å². The van der Waals surface area contributed by atoms with Crippen LogP contribution in [0.3, 0.4) is 0 Å². The lowest BCUT2D eigenvalue weighted by Crippen LogP contribution is -2.13. The lowest BCUT2D eigenvalue weighted by atomic mass is 10.2. The van der Waals surface area contributed by atoms with Crippen molar-refractivity contribution in [2.75, 3.05) is 10.6 Å². The highest BCUT2D eigenvalue weighted by molar-refractivity contribution is 9.10. The Morgan fingerprint density at radius 3 is 2.88 bits per heavy atom. The normalized spacial score (nSPS) is 10.4. The van der Waals surface area contributed by atoms with Crippen LogP contribution >= 0.6 is 15.9 Å². The number of carbonyl (C=O) groups is 1. The molecule has 0 aliphatic rings. The van der Waals surface area contributed by atoms with E-state index in [9.17, 15) is 4.79 Å². The molecule has 0 aliphatic heterocycles. The number of hydrogen-bond acceptors (Lipinski definition) is 4. The Morgan fingerprint density at radius 2 is 2.12 bits per heavy atom. The third kappa shape index (κ3) is 4.02. The van der Waals surface area contributed by atoms with Crippen molar-refractivity contribution in [1.29, 1.82) is 0 Å². The molecule has 24 heavy (non-hydrogen) atoms. The molecule has 0 aliphatic carbocycles. The van der Waals surface area contributed by atoms with E-state index < -0.39 is 0 Å². The quantitative estimate of drug-likeness (QED) is 0.672. The number of carbonyl (C=O) groups excluding carboxylic acids is 1. The minimum atomic E-state index is -0.180. The average molecular weight is 386 g/mol. The number of benzene rings is 1. The predicted octanol–water partition coefficient (Wildman–Crippen LogP) is 4.61. The summed E-state index contributed by atoms with van der Waals surface area (Å²) < 4.78 is 6.27. The summed E-state index contributed by atoms with van der Waals surface area (Å²) in [4.78, 5) is 16.6. The van der Waals surface area contributed by atoms with Gasteiger partial charge in [-0.25, -0.2) is 4.98 Å². The van der Waals surface area contributed by atoms with Crippen LogP contribution in [0.2, 0.25) is 0 Å². The van der Waals surface area contributed by atoms with Gasteiger partial charge in [-0.05, 0) is 55.0 Å². The zero-order valence-electron chi connectivity index (χ0n) is 13.0. The summed E-state index contributed by atoms with van der Waals surface area (Å²) in [5.41, 5.74) is 2.35. The van der Waals surface area contributed by atoms with Gasteiger partial charge >= 0.3 is 0 Å². The lowest BCUT2D eigenvalue weighted by molar-refractivity contribution is 0.102. The predicted molar refractivity (Wildman–Crippen MR) is 97.1 cm³/mol. The van der Waals surface area contributed by atoms with Gasteiger partial charge in [-0.15, -0.1) is 0 Å². The highest BCUT2D eigenvalue weighted by atomic mass is 79.9. The molecule has 6 heteroatoms. The number of aryl methyl sites for hydroxylation is 1. The fourth-order valence-corrected chi connectivity index (χ4v) is 2.43. The number of pyridine rings is 1. The van der Waals surface area contributed by atoms with Gasteiger partial charge in [-0.3, -0.25) is 4.79 Å². The number of nitrogens with zero attached hydrogens (tertiary/aromatic N) is 1. The second kappa shape index (κ2) is 7.31. The number of halogens is 1. The van der Waals surface area contributed by atoms with Crippen LogP contribution in [-0.2, 0) is 6.54 Å². The molecule has 5 nitrogen and oxygen atoms in total. The molecule has 0 bridgehead atoms. The summed E-state index contributed by atoms with van der Waals surface area (Å²) >= 11 is 3.45. The van der Waals surface area contributed by atoms with Gasteiger partial charge in [0.05, 0.1) is 12.8 Å². The molecule has 0 saturated heterocycles. The molecule has 3 aromatic rings. The molecule has 2 heterocycles. The smallest absolute Gasteiger partial charge is 0.255 e. The second-order valence-corrected chi connectivity index (χ2v) is 6.14. The third-order valence-corrected chi connectivity index (χ3v) is 4.35. The Morgan fingerprint density at radius 1 is 1.25 bits per heavy atom. The first-order valence-corrected chi connectivity index (χ1v) is 8.21. The van der Waals surface area contributed by atoms with Crippen molar-refractivity contribution in [1.82, 2.24) is 4.98 Å². The molecular weight excluding hydrogens is 370 g/mol. The Labute approximate surface area is 148 Å². The van der Waals surface area contributed by atoms with E-state index in [2.05, 4.69) is 31.5 Å². The van der Waals surface area contributed by atoms with Gasteiger partial charge in [-0.1, -0.05) is 15.9 Å². The zero-order chi connectivity index (χ0) is 16.9. The molecule has 2 N–H and O–H groups in total. The van der Waals surface area contributed by atoms with E-state index in [0.717, 1.165) is 21.5 Å². The number of anilines is 2. The highest BCUT2D eigenvalue weighted by Gasteiger charge is 2.08. The molecular formula is C18H16BrN3O2. The van der Waals surface area contributed by atoms with Gasteiger partial charge in [0.1, 0.15) is 11.6 Å². The molecule has 0 radical (unpaired) electrons. The maximum absolute atomic E-state index is 12.4. The van der Waals surface area contributed by atoms with Crippen LogP contribution in [0.15, 0.2) is 63.8 Å². The SMILES string of the molecule is Cc1cc(NC(=O)c2ccnc(NCc3ccco3)c2)ccc1Br. The largest absolute Gasteiger partial charge is 0.467 e. The molecule has 0 saturated carbocycles. The first kappa shape index (κ1) is 16.3. The van der Waals surface area contributed by atoms with Gasteiger partial charge in [0.25, 0.3) is 5.91 Å². The maximum atomic E-state index is 12.4. The standard InChI is InChI=1S/C18H16BrN3O2/c1-12-9-14(4-5-16(12)19)22-18(23)13-6-7-20-17(10-13)21-11-15-3-2-8-24-15/h2-10H,11H2,1H3,(H,20,21)(H,22,23). The Hall–Kier alpha value is -2.60. The van der Waals surface area contributed by atoms with E-state index in [4.69, 9.17) is 4.42 Å². The van der Waals surface area contributed by atoms with Gasteiger partial charge in [0, 0.05) is 21.9 Å². The van der Waals surface area contributed by atoms with Crippen LogP contribution in [0.4, 0.5) is 11.5 Å². The van der Waals surface area contributed by atoms with Crippen molar-refractivity contribution in [2.45, 2.75) is 13.5 Å². The van der Waals surface area contributed by atoms with Gasteiger partial charge in [-0.2, -0.15) is 0 Å². The summed E-state index contributed by atoms with van der Waals surface area (Å²) in [6.45, 7) is 2.49. The summed E-state index contributed by atoms with van der Waals surface area (Å²) in [5.74, 6) is 1.24. The van der Waals surface area contributed by atoms with E-state index in [1.807, 2.05) is 37.3 Å². The molecule has 0 unspecified atom stereocenters. The minimum absolute atomic E-state index is 0.180. The molecule has 0 fully saturated rings. The Bertz CT molecular complexity index is 847. The fourth-order valence-electron chi connectivity index (χ4n) is 2.19. The molecule has 122 valence electrons. The highest BCUT2D eigenvalue weighted by Crippen LogP contribution is 2.20. The van der Waals surface area contributed by atoms with Crippen LogP contribution in [-0.4, -0.2) is 10.9 Å². The minimum Gasteiger partial charge on any atom is -0.467 e. The summed E-state index contributed by atoms with van der Waals surface area (Å²) in [5, 5.41) is 6.02. The van der Waals surface area contributed by atoms with Crippen LogP contribution in [0.5, 0.6) is 0 Å². The fraction of sp³-hybridized carbons (Fsp3) is 0.111. The number of hydrogen-bond donors (Lipinski definition) is 2. The third-order valence-electron chi connectivity index (χ3n) is 3.46. The van der Waals surface area contributed by atoms with E-state index in [0.29, 0.717) is 17.9 Å². The Kier molecular flexibility index (Phi) is 4.96. The van der Waals surface area contributed by atoms with Crippen LogP contribution in [0, 0.1) is 6.92 Å². The van der Waals surface area contributed by atoms with Crippen molar-refractivity contribution >= 4 is 33.3 Å². The van der Waals surface area contributed by atoms with E-state index >= 15 is 0 Å². The topological polar surface area (TPSA) is 67.2 Å². The monoisotopic (exact) mass is 385 g/mol.